The normalized spacial score (nSPS) is 10.8. The number of nitrogens with one attached hydrogen (secondary N) is 1. The number of nitrogens with zero attached hydrogens (tertiary/aromatic N) is 3. The summed E-state index contributed by atoms with van der Waals surface area (Å²) in [5.74, 6) is 0.155. The Kier molecular flexibility index (Phi) is 4.99. The van der Waals surface area contributed by atoms with Crippen LogP contribution in [-0.4, -0.2) is 23.8 Å². The molecule has 0 unspecified atom stereocenters. The van der Waals surface area contributed by atoms with Crippen molar-refractivity contribution in [1.82, 2.24) is 9.99 Å². The van der Waals surface area contributed by atoms with Gasteiger partial charge in [-0.1, -0.05) is 24.3 Å². The molecule has 26 heavy (non-hydrogen) atoms. The molecular formula is C20H18N4O2. The third-order valence-electron chi connectivity index (χ3n) is 4.03. The maximum atomic E-state index is 12.3. The maximum Gasteiger partial charge on any atom is 0.275 e. The molecule has 1 aromatic heterocycles. The lowest BCUT2D eigenvalue weighted by Gasteiger charge is -2.07. The number of fused-ring (bicyclic) bond motifs is 1. The average Bonchev–Trinajstić information content (AvgIpc) is 3.00. The number of carbonyl (C=O) groups is 1. The van der Waals surface area contributed by atoms with Gasteiger partial charge < -0.3 is 9.30 Å². The van der Waals surface area contributed by atoms with Gasteiger partial charge in [-0.2, -0.15) is 10.4 Å². The average molecular weight is 346 g/mol. The molecule has 0 aliphatic rings. The number of aromatic nitrogens is 1. The van der Waals surface area contributed by atoms with E-state index in [1.165, 1.54) is 7.11 Å². The number of hydrogen-bond acceptors (Lipinski definition) is 4. The van der Waals surface area contributed by atoms with Crippen LogP contribution in [0.5, 0.6) is 5.75 Å². The highest BCUT2D eigenvalue weighted by molar-refractivity contribution is 6.01. The Hall–Kier alpha value is -3.59. The van der Waals surface area contributed by atoms with Gasteiger partial charge in [0.1, 0.15) is 12.3 Å². The van der Waals surface area contributed by atoms with E-state index in [1.54, 1.807) is 18.3 Å². The number of amides is 1. The highest BCUT2D eigenvalue weighted by Crippen LogP contribution is 2.21. The van der Waals surface area contributed by atoms with Gasteiger partial charge in [0.2, 0.25) is 0 Å². The van der Waals surface area contributed by atoms with Crippen LogP contribution < -0.4 is 10.2 Å². The van der Waals surface area contributed by atoms with Crippen LogP contribution in [0, 0.1) is 18.3 Å². The molecule has 3 aromatic rings. The number of nitriles is 1. The second kappa shape index (κ2) is 7.53. The van der Waals surface area contributed by atoms with Crippen molar-refractivity contribution in [3.8, 4) is 11.8 Å². The Morgan fingerprint density at radius 3 is 2.92 bits per heavy atom. The molecule has 0 saturated heterocycles. The van der Waals surface area contributed by atoms with Gasteiger partial charge >= 0.3 is 0 Å². The standard InChI is InChI=1S/C20H18N4O2/c1-14-7-8-17(19(11-14)26-2)20(25)23-22-12-15-13-24(10-9-21)18-6-4-3-5-16(15)18/h3-8,11-13H,10H2,1-2H3,(H,23,25)/b22-12-. The molecule has 6 nitrogen and oxygen atoms in total. The molecule has 0 aliphatic carbocycles. The van der Waals surface area contributed by atoms with Gasteiger partial charge in [0.15, 0.2) is 0 Å². The molecule has 0 aliphatic heterocycles. The van der Waals surface area contributed by atoms with Crippen LogP contribution in [0.3, 0.4) is 0 Å². The van der Waals surface area contributed by atoms with Gasteiger partial charge in [-0.15, -0.1) is 0 Å². The van der Waals surface area contributed by atoms with E-state index in [-0.39, 0.29) is 12.5 Å². The topological polar surface area (TPSA) is 79.4 Å². The molecule has 0 atom stereocenters. The third kappa shape index (κ3) is 3.42. The van der Waals surface area contributed by atoms with Crippen molar-refractivity contribution >= 4 is 23.0 Å². The first-order valence-corrected chi connectivity index (χ1v) is 8.07. The van der Waals surface area contributed by atoms with Crippen molar-refractivity contribution in [1.29, 1.82) is 5.26 Å². The zero-order valence-corrected chi connectivity index (χ0v) is 14.6. The van der Waals surface area contributed by atoms with Crippen molar-refractivity contribution in [2.75, 3.05) is 7.11 Å². The minimum absolute atomic E-state index is 0.251. The Bertz CT molecular complexity index is 1030. The number of carbonyl (C=O) groups excluding carboxylic acids is 1. The molecule has 6 heteroatoms. The number of hydrogen-bond donors (Lipinski definition) is 1. The number of ether oxygens (including phenoxy) is 1. The first kappa shape index (κ1) is 17.2. The number of benzene rings is 2. The highest BCUT2D eigenvalue weighted by Gasteiger charge is 2.11. The molecule has 1 heterocycles. The summed E-state index contributed by atoms with van der Waals surface area (Å²) in [7, 11) is 1.53. The number of hydrazone groups is 1. The second-order valence-electron chi connectivity index (χ2n) is 5.79. The fourth-order valence-electron chi connectivity index (χ4n) is 2.79. The van der Waals surface area contributed by atoms with Crippen LogP contribution in [0.1, 0.15) is 21.5 Å². The van der Waals surface area contributed by atoms with E-state index in [0.717, 1.165) is 22.0 Å². The van der Waals surface area contributed by atoms with Gasteiger partial charge in [0, 0.05) is 22.7 Å². The number of aryl methyl sites for hydroxylation is 1. The quantitative estimate of drug-likeness (QED) is 0.569. The van der Waals surface area contributed by atoms with E-state index in [1.807, 2.05) is 48.0 Å². The van der Waals surface area contributed by atoms with E-state index >= 15 is 0 Å². The Balaban J connectivity index is 1.82. The lowest BCUT2D eigenvalue weighted by Crippen LogP contribution is -2.18. The van der Waals surface area contributed by atoms with E-state index in [4.69, 9.17) is 10.00 Å². The second-order valence-corrected chi connectivity index (χ2v) is 5.79. The van der Waals surface area contributed by atoms with Gasteiger partial charge in [-0.3, -0.25) is 4.79 Å². The zero-order valence-electron chi connectivity index (χ0n) is 14.6. The van der Waals surface area contributed by atoms with Gasteiger partial charge in [-0.05, 0) is 30.7 Å². The molecule has 0 bridgehead atoms. The van der Waals surface area contributed by atoms with E-state index < -0.39 is 0 Å². The lowest BCUT2D eigenvalue weighted by molar-refractivity contribution is 0.0952. The summed E-state index contributed by atoms with van der Waals surface area (Å²) in [6.45, 7) is 2.18. The minimum atomic E-state index is -0.348. The third-order valence-corrected chi connectivity index (χ3v) is 4.03. The van der Waals surface area contributed by atoms with Gasteiger partial charge in [0.25, 0.3) is 5.91 Å². The van der Waals surface area contributed by atoms with Crippen LogP contribution >= 0.6 is 0 Å². The van der Waals surface area contributed by atoms with Crippen molar-refractivity contribution in [2.24, 2.45) is 5.10 Å². The SMILES string of the molecule is COc1cc(C)ccc1C(=O)N/N=C\c1cn(CC#N)c2ccccc12. The fraction of sp³-hybridized carbons (Fsp3) is 0.150. The number of rotatable bonds is 5. The highest BCUT2D eigenvalue weighted by atomic mass is 16.5. The molecular weight excluding hydrogens is 328 g/mol. The van der Waals surface area contributed by atoms with Crippen LogP contribution in [0.2, 0.25) is 0 Å². The maximum absolute atomic E-state index is 12.3. The summed E-state index contributed by atoms with van der Waals surface area (Å²) in [5.41, 5.74) is 5.72. The zero-order chi connectivity index (χ0) is 18.5. The van der Waals surface area contributed by atoms with Crippen molar-refractivity contribution in [3.05, 3.63) is 65.4 Å². The molecule has 0 saturated carbocycles. The number of methoxy groups -OCH3 is 1. The molecule has 130 valence electrons. The molecule has 0 radical (unpaired) electrons. The van der Waals surface area contributed by atoms with Crippen LogP contribution in [0.25, 0.3) is 10.9 Å². The Morgan fingerprint density at radius 2 is 2.15 bits per heavy atom. The first-order valence-electron chi connectivity index (χ1n) is 8.07. The molecule has 0 spiro atoms. The summed E-state index contributed by atoms with van der Waals surface area (Å²) in [6.07, 6.45) is 3.42. The molecule has 2 aromatic carbocycles. The molecule has 0 fully saturated rings. The molecule has 3 rings (SSSR count). The smallest absolute Gasteiger partial charge is 0.275 e. The van der Waals surface area contributed by atoms with Crippen LogP contribution in [0.15, 0.2) is 53.8 Å². The van der Waals surface area contributed by atoms with Crippen molar-refractivity contribution in [3.63, 3.8) is 0 Å². The van der Waals surface area contributed by atoms with Crippen molar-refractivity contribution < 1.29 is 9.53 Å². The van der Waals surface area contributed by atoms with Gasteiger partial charge in [0.05, 0.1) is 25.0 Å². The van der Waals surface area contributed by atoms with Crippen LogP contribution in [0.4, 0.5) is 0 Å². The summed E-state index contributed by atoms with van der Waals surface area (Å²) >= 11 is 0. The lowest BCUT2D eigenvalue weighted by atomic mass is 10.1. The van der Waals surface area contributed by atoms with E-state index in [0.29, 0.717) is 11.3 Å². The fourth-order valence-corrected chi connectivity index (χ4v) is 2.79. The van der Waals surface area contributed by atoms with Gasteiger partial charge in [-0.25, -0.2) is 5.43 Å². The largest absolute Gasteiger partial charge is 0.496 e. The van der Waals surface area contributed by atoms with Crippen LogP contribution in [-0.2, 0) is 6.54 Å². The van der Waals surface area contributed by atoms with E-state index in [9.17, 15) is 4.79 Å². The summed E-state index contributed by atoms with van der Waals surface area (Å²) in [6, 6.07) is 15.2. The summed E-state index contributed by atoms with van der Waals surface area (Å²) < 4.78 is 7.10. The van der Waals surface area contributed by atoms with E-state index in [2.05, 4.69) is 16.6 Å². The Labute approximate surface area is 151 Å². The predicted molar refractivity (Wildman–Crippen MR) is 100 cm³/mol. The minimum Gasteiger partial charge on any atom is -0.496 e. The molecule has 1 N–H and O–H groups in total. The monoisotopic (exact) mass is 346 g/mol. The first-order chi connectivity index (χ1) is 12.6. The predicted octanol–water partition coefficient (Wildman–Crippen LogP) is 3.25. The summed E-state index contributed by atoms with van der Waals surface area (Å²) in [4.78, 5) is 12.3. The number of para-hydroxylation sites is 1. The van der Waals surface area contributed by atoms with Crippen molar-refractivity contribution in [2.45, 2.75) is 13.5 Å². The summed E-state index contributed by atoms with van der Waals surface area (Å²) in [5, 5.41) is 14.0. The molecule has 1 amide bonds. The Morgan fingerprint density at radius 1 is 1.35 bits per heavy atom.